The van der Waals surface area contributed by atoms with E-state index in [2.05, 4.69) is 60.2 Å². The number of hydrogen-bond donors (Lipinski definition) is 0. The summed E-state index contributed by atoms with van der Waals surface area (Å²) in [6.07, 6.45) is 0. The maximum atomic E-state index is 11.2. The Balaban J connectivity index is 1.75. The zero-order chi connectivity index (χ0) is 22.7. The summed E-state index contributed by atoms with van der Waals surface area (Å²) in [5.74, 6) is 5.97. The Labute approximate surface area is 193 Å². The van der Waals surface area contributed by atoms with Crippen LogP contribution in [0.25, 0.3) is 11.5 Å². The minimum absolute atomic E-state index is 0.0566. The second-order valence-electron chi connectivity index (χ2n) is 7.71. The van der Waals surface area contributed by atoms with Gasteiger partial charge in [-0.2, -0.15) is 0 Å². The lowest BCUT2D eigenvalue weighted by Crippen LogP contribution is -2.21. The number of hydrogen-bond acceptors (Lipinski definition) is 3. The lowest BCUT2D eigenvalue weighted by molar-refractivity contribution is -0.384. The SMILES string of the molecule is O=[N+]([O-])c1ccc(C2=C[P+](c3ccccc3)(c3ccccc3)C=C(c3ccccc3)O2)cc1. The summed E-state index contributed by atoms with van der Waals surface area (Å²) in [6.45, 7) is 0. The minimum atomic E-state index is -2.15. The van der Waals surface area contributed by atoms with E-state index in [9.17, 15) is 10.1 Å². The molecule has 1 aliphatic rings. The summed E-state index contributed by atoms with van der Waals surface area (Å²) < 4.78 is 6.44. The Hall–Kier alpha value is -4.01. The fourth-order valence-corrected chi connectivity index (χ4v) is 7.43. The predicted molar refractivity (Wildman–Crippen MR) is 136 cm³/mol. The van der Waals surface area contributed by atoms with Crippen LogP contribution in [0.3, 0.4) is 0 Å². The minimum Gasteiger partial charge on any atom is -0.449 e. The van der Waals surface area contributed by atoms with Crippen LogP contribution >= 0.6 is 7.26 Å². The van der Waals surface area contributed by atoms with E-state index in [1.807, 2.05) is 42.5 Å². The van der Waals surface area contributed by atoms with Crippen molar-refractivity contribution in [3.8, 4) is 0 Å². The van der Waals surface area contributed by atoms with Crippen molar-refractivity contribution in [2.24, 2.45) is 0 Å². The fraction of sp³-hybridized carbons (Fsp3) is 0. The van der Waals surface area contributed by atoms with Gasteiger partial charge in [-0.3, -0.25) is 10.1 Å². The molecule has 0 N–H and O–H groups in total. The molecule has 33 heavy (non-hydrogen) atoms. The molecule has 5 rings (SSSR count). The highest BCUT2D eigenvalue weighted by Crippen LogP contribution is 2.64. The van der Waals surface area contributed by atoms with Crippen LogP contribution in [0.1, 0.15) is 11.1 Å². The molecule has 1 aliphatic heterocycles. The van der Waals surface area contributed by atoms with E-state index in [0.717, 1.165) is 16.9 Å². The molecule has 5 heteroatoms. The Bertz CT molecular complexity index is 1290. The van der Waals surface area contributed by atoms with Crippen molar-refractivity contribution in [2.75, 3.05) is 0 Å². The van der Waals surface area contributed by atoms with Crippen LogP contribution in [0.5, 0.6) is 0 Å². The molecule has 0 atom stereocenters. The van der Waals surface area contributed by atoms with Crippen LogP contribution in [0.2, 0.25) is 0 Å². The first kappa shape index (κ1) is 20.9. The van der Waals surface area contributed by atoms with Crippen molar-refractivity contribution in [3.63, 3.8) is 0 Å². The quantitative estimate of drug-likeness (QED) is 0.196. The van der Waals surface area contributed by atoms with Crippen molar-refractivity contribution in [2.45, 2.75) is 0 Å². The van der Waals surface area contributed by atoms with Gasteiger partial charge in [0.15, 0.2) is 11.5 Å². The molecule has 0 fully saturated rings. The molecule has 0 aromatic heterocycles. The Kier molecular flexibility index (Phi) is 5.60. The van der Waals surface area contributed by atoms with E-state index in [0.29, 0.717) is 5.76 Å². The molecule has 4 nitrogen and oxygen atoms in total. The summed E-state index contributed by atoms with van der Waals surface area (Å²) in [5.41, 5.74) is 1.85. The summed E-state index contributed by atoms with van der Waals surface area (Å²) in [6, 6.07) is 37.5. The first-order valence-corrected chi connectivity index (χ1v) is 12.5. The third kappa shape index (κ3) is 4.09. The monoisotopic (exact) mass is 450 g/mol. The van der Waals surface area contributed by atoms with Crippen molar-refractivity contribution in [1.82, 2.24) is 0 Å². The average molecular weight is 450 g/mol. The maximum Gasteiger partial charge on any atom is 0.269 e. The lowest BCUT2D eigenvalue weighted by Gasteiger charge is -2.27. The van der Waals surface area contributed by atoms with Crippen LogP contribution in [0, 0.1) is 10.1 Å². The Morgan fingerprint density at radius 3 is 1.45 bits per heavy atom. The third-order valence-corrected chi connectivity index (χ3v) is 9.24. The maximum absolute atomic E-state index is 11.2. The molecule has 0 unspecified atom stereocenters. The molecule has 0 spiro atoms. The van der Waals surface area contributed by atoms with Crippen LogP contribution in [0.4, 0.5) is 5.69 Å². The van der Waals surface area contributed by atoms with Crippen LogP contribution in [-0.4, -0.2) is 4.92 Å². The number of rotatable bonds is 5. The summed E-state index contributed by atoms with van der Waals surface area (Å²) >= 11 is 0. The molecule has 0 bridgehead atoms. The summed E-state index contributed by atoms with van der Waals surface area (Å²) in [4.78, 5) is 10.8. The average Bonchev–Trinajstić information content (AvgIpc) is 2.90. The van der Waals surface area contributed by atoms with Crippen LogP contribution in [0.15, 0.2) is 127 Å². The zero-order valence-corrected chi connectivity index (χ0v) is 18.6. The number of nitro benzene ring substituents is 1. The molecular formula is C28H21NO3P+. The standard InChI is InChI=1S/C28H21NO3P/c30-29(31)24-18-16-23(17-19-24)28-21-33(25-12-6-2-7-13-25,26-14-8-3-9-15-26)20-27(32-28)22-10-4-1-5-11-22/h1-21H/q+1. The van der Waals surface area contributed by atoms with Gasteiger partial charge in [0, 0.05) is 23.3 Å². The van der Waals surface area contributed by atoms with E-state index < -0.39 is 7.26 Å². The normalized spacial score (nSPS) is 14.5. The van der Waals surface area contributed by atoms with Crippen molar-refractivity contribution in [1.29, 1.82) is 0 Å². The fourth-order valence-electron chi connectivity index (χ4n) is 3.99. The predicted octanol–water partition coefficient (Wildman–Crippen LogP) is 6.59. The number of nitrogens with zero attached hydrogens (tertiary/aromatic N) is 1. The van der Waals surface area contributed by atoms with Gasteiger partial charge in [-0.1, -0.05) is 66.7 Å². The van der Waals surface area contributed by atoms with Gasteiger partial charge in [-0.15, -0.1) is 0 Å². The number of non-ortho nitro benzene ring substituents is 1. The number of ether oxygens (including phenoxy) is 1. The van der Waals surface area contributed by atoms with E-state index >= 15 is 0 Å². The second kappa shape index (κ2) is 8.85. The zero-order valence-electron chi connectivity index (χ0n) is 17.7. The van der Waals surface area contributed by atoms with Gasteiger partial charge in [-0.25, -0.2) is 0 Å². The molecule has 0 amide bonds. The van der Waals surface area contributed by atoms with Crippen LogP contribution in [-0.2, 0) is 4.74 Å². The van der Waals surface area contributed by atoms with Gasteiger partial charge in [0.1, 0.15) is 29.5 Å². The van der Waals surface area contributed by atoms with Crippen LogP contribution < -0.4 is 10.6 Å². The van der Waals surface area contributed by atoms with E-state index in [1.54, 1.807) is 12.1 Å². The molecule has 4 aromatic carbocycles. The van der Waals surface area contributed by atoms with Crippen molar-refractivity contribution in [3.05, 3.63) is 148 Å². The van der Waals surface area contributed by atoms with Gasteiger partial charge in [0.25, 0.3) is 5.69 Å². The summed E-state index contributed by atoms with van der Waals surface area (Å²) in [7, 11) is -2.15. The molecule has 1 heterocycles. The van der Waals surface area contributed by atoms with Gasteiger partial charge in [0.2, 0.25) is 0 Å². The van der Waals surface area contributed by atoms with Gasteiger partial charge >= 0.3 is 0 Å². The van der Waals surface area contributed by atoms with Crippen molar-refractivity contribution >= 4 is 35.1 Å². The first-order valence-electron chi connectivity index (χ1n) is 10.6. The molecule has 0 saturated heterocycles. The summed E-state index contributed by atoms with van der Waals surface area (Å²) in [5, 5.41) is 13.6. The Morgan fingerprint density at radius 1 is 0.576 bits per heavy atom. The first-order chi connectivity index (χ1) is 16.2. The van der Waals surface area contributed by atoms with Gasteiger partial charge in [0.05, 0.1) is 4.92 Å². The van der Waals surface area contributed by atoms with E-state index in [4.69, 9.17) is 4.74 Å². The molecule has 160 valence electrons. The number of nitro groups is 1. The highest BCUT2D eigenvalue weighted by atomic mass is 31.2. The smallest absolute Gasteiger partial charge is 0.269 e. The van der Waals surface area contributed by atoms with Crippen molar-refractivity contribution < 1.29 is 9.66 Å². The van der Waals surface area contributed by atoms with Gasteiger partial charge < -0.3 is 4.74 Å². The topological polar surface area (TPSA) is 52.4 Å². The molecule has 0 aliphatic carbocycles. The highest BCUT2D eigenvalue weighted by Gasteiger charge is 2.44. The van der Waals surface area contributed by atoms with E-state index in [-0.39, 0.29) is 10.6 Å². The van der Waals surface area contributed by atoms with E-state index in [1.165, 1.54) is 22.7 Å². The largest absolute Gasteiger partial charge is 0.449 e. The number of benzene rings is 4. The Morgan fingerprint density at radius 2 is 1.00 bits per heavy atom. The highest BCUT2D eigenvalue weighted by molar-refractivity contribution is 7.95. The molecule has 4 aromatic rings. The molecule has 0 saturated carbocycles. The molecular weight excluding hydrogens is 429 g/mol. The molecule has 0 radical (unpaired) electrons. The second-order valence-corrected chi connectivity index (χ2v) is 10.8. The third-order valence-electron chi connectivity index (χ3n) is 5.65. The lowest BCUT2D eigenvalue weighted by atomic mass is 10.1. The van der Waals surface area contributed by atoms with Gasteiger partial charge in [-0.05, 0) is 36.4 Å².